The zero-order valence-electron chi connectivity index (χ0n) is 31.6. The fourth-order valence-corrected chi connectivity index (χ4v) is 9.78. The summed E-state index contributed by atoms with van der Waals surface area (Å²) in [5.74, 6) is 2.47. The third kappa shape index (κ3) is 15.3. The van der Waals surface area contributed by atoms with Crippen LogP contribution >= 0.6 is 0 Å². The van der Waals surface area contributed by atoms with Gasteiger partial charge in [0.2, 0.25) is 5.91 Å². The van der Waals surface area contributed by atoms with Crippen LogP contribution in [-0.2, 0) is 4.79 Å². The molecule has 0 spiro atoms. The monoisotopic (exact) mass is 618 g/mol. The summed E-state index contributed by atoms with van der Waals surface area (Å²) in [6, 6.07) is 0. The number of unbranched alkanes of at least 4 members (excludes halogenated alkanes) is 10. The molecule has 2 aliphatic rings. The molecule has 2 fully saturated rings. The van der Waals surface area contributed by atoms with Crippen LogP contribution in [0, 0.1) is 23.7 Å². The van der Waals surface area contributed by atoms with E-state index in [0.717, 1.165) is 25.3 Å². The van der Waals surface area contributed by atoms with Crippen LogP contribution in [0.25, 0.3) is 0 Å². The Morgan fingerprint density at radius 3 is 1.66 bits per heavy atom. The minimum atomic E-state index is 0.121. The fourth-order valence-electron chi connectivity index (χ4n) is 9.78. The Kier molecular flexibility index (Phi) is 16.8. The Labute approximate surface area is 276 Å². The Bertz CT molecular complexity index is 768. The summed E-state index contributed by atoms with van der Waals surface area (Å²) in [7, 11) is 0. The first kappa shape index (κ1) is 39.6. The van der Waals surface area contributed by atoms with Gasteiger partial charge < -0.3 is 16.0 Å². The van der Waals surface area contributed by atoms with Gasteiger partial charge in [0.1, 0.15) is 0 Å². The number of nitrogens with one attached hydrogen (secondary N) is 3. The number of piperidine rings is 2. The van der Waals surface area contributed by atoms with Gasteiger partial charge >= 0.3 is 0 Å². The molecule has 0 aromatic carbocycles. The van der Waals surface area contributed by atoms with Gasteiger partial charge in [-0.2, -0.15) is 0 Å². The molecule has 2 atom stereocenters. The lowest BCUT2D eigenvalue weighted by Gasteiger charge is -2.50. The highest BCUT2D eigenvalue weighted by molar-refractivity contribution is 5.79. The van der Waals surface area contributed by atoms with Crippen molar-refractivity contribution in [3.05, 3.63) is 0 Å². The van der Waals surface area contributed by atoms with Crippen LogP contribution in [0.15, 0.2) is 0 Å². The molecule has 44 heavy (non-hydrogen) atoms. The second kappa shape index (κ2) is 18.7. The van der Waals surface area contributed by atoms with Crippen molar-refractivity contribution < 1.29 is 4.79 Å². The fraction of sp³-hybridized carbons (Fsp3) is 0.975. The summed E-state index contributed by atoms with van der Waals surface area (Å²) in [6.07, 6.45) is 25.1. The lowest BCUT2D eigenvalue weighted by molar-refractivity contribution is -0.128. The molecule has 0 bridgehead atoms. The molecule has 0 aromatic rings. The van der Waals surface area contributed by atoms with Gasteiger partial charge in [-0.15, -0.1) is 0 Å². The normalized spacial score (nSPS) is 22.9. The highest BCUT2D eigenvalue weighted by Gasteiger charge is 2.43. The molecule has 2 saturated heterocycles. The molecule has 1 amide bonds. The number of carbonyl (C=O) groups is 1. The molecule has 0 aromatic heterocycles. The molecular formula is C40H79N3O. The minimum absolute atomic E-state index is 0.121. The Morgan fingerprint density at radius 2 is 1.07 bits per heavy atom. The number of rotatable bonds is 21. The smallest absolute Gasteiger partial charge is 0.223 e. The van der Waals surface area contributed by atoms with Gasteiger partial charge in [0.25, 0.3) is 0 Å². The average molecular weight is 618 g/mol. The second-order valence-corrected chi connectivity index (χ2v) is 18.0. The van der Waals surface area contributed by atoms with E-state index in [2.05, 4.69) is 85.2 Å². The molecule has 260 valence electrons. The first-order valence-electron chi connectivity index (χ1n) is 19.4. The van der Waals surface area contributed by atoms with Crippen molar-refractivity contribution in [1.29, 1.82) is 0 Å². The number of hydrogen-bond donors (Lipinski definition) is 3. The van der Waals surface area contributed by atoms with Crippen molar-refractivity contribution in [3.8, 4) is 0 Å². The summed E-state index contributed by atoms with van der Waals surface area (Å²) in [4.78, 5) is 14.0. The molecule has 2 rings (SSSR count). The second-order valence-electron chi connectivity index (χ2n) is 18.0. The van der Waals surface area contributed by atoms with Crippen LogP contribution in [0.1, 0.15) is 198 Å². The van der Waals surface area contributed by atoms with Crippen molar-refractivity contribution in [3.63, 3.8) is 0 Å². The minimum Gasteiger partial charge on any atom is -0.356 e. The van der Waals surface area contributed by atoms with Gasteiger partial charge in [0.05, 0.1) is 0 Å². The van der Waals surface area contributed by atoms with Crippen molar-refractivity contribution >= 4 is 5.91 Å². The van der Waals surface area contributed by atoms with Crippen molar-refractivity contribution in [2.75, 3.05) is 6.54 Å². The lowest BCUT2D eigenvalue weighted by atomic mass is 9.65. The molecule has 2 heterocycles. The molecule has 3 N–H and O–H groups in total. The molecule has 2 unspecified atom stereocenters. The maximum Gasteiger partial charge on any atom is 0.223 e. The zero-order valence-corrected chi connectivity index (χ0v) is 31.6. The number of amides is 1. The molecule has 4 nitrogen and oxygen atoms in total. The highest BCUT2D eigenvalue weighted by atomic mass is 16.1. The molecule has 0 saturated carbocycles. The van der Waals surface area contributed by atoms with Crippen LogP contribution in [0.5, 0.6) is 0 Å². The van der Waals surface area contributed by atoms with E-state index in [1.54, 1.807) is 0 Å². The summed E-state index contributed by atoms with van der Waals surface area (Å²) >= 11 is 0. The van der Waals surface area contributed by atoms with E-state index in [-0.39, 0.29) is 28.1 Å². The quantitative estimate of drug-likeness (QED) is 0.112. The largest absolute Gasteiger partial charge is 0.356 e. The van der Waals surface area contributed by atoms with E-state index in [9.17, 15) is 4.79 Å². The predicted octanol–water partition coefficient (Wildman–Crippen LogP) is 10.7. The third-order valence-corrected chi connectivity index (χ3v) is 10.8. The van der Waals surface area contributed by atoms with Crippen LogP contribution in [0.2, 0.25) is 0 Å². The van der Waals surface area contributed by atoms with E-state index < -0.39 is 0 Å². The van der Waals surface area contributed by atoms with Crippen LogP contribution in [0.4, 0.5) is 0 Å². The predicted molar refractivity (Wildman–Crippen MR) is 193 cm³/mol. The summed E-state index contributed by atoms with van der Waals surface area (Å²) in [5.41, 5.74) is 0.736. The Balaban J connectivity index is 1.95. The third-order valence-electron chi connectivity index (χ3n) is 10.8. The Hall–Kier alpha value is -0.610. The Morgan fingerprint density at radius 1 is 0.614 bits per heavy atom. The highest BCUT2D eigenvalue weighted by Crippen LogP contribution is 2.43. The molecular weight excluding hydrogens is 538 g/mol. The molecule has 0 radical (unpaired) electrons. The van der Waals surface area contributed by atoms with Crippen molar-refractivity contribution in [2.45, 2.75) is 220 Å². The standard InChI is InChI=1S/C40H79N3O/c1-11-13-15-16-17-22-26-35(34(25-20-14-12-2)33-30-39(7,8)43-40(9,10)31-33)36(44)41-27-23-19-18-21-24-32-28-37(3,4)42-38(5,6)29-32/h32-35,42-43H,11-31H2,1-10H3,(H,41,44). The van der Waals surface area contributed by atoms with Crippen LogP contribution in [-0.4, -0.2) is 34.6 Å². The van der Waals surface area contributed by atoms with Gasteiger partial charge in [-0.1, -0.05) is 97.3 Å². The van der Waals surface area contributed by atoms with E-state index in [4.69, 9.17) is 0 Å². The van der Waals surface area contributed by atoms with Gasteiger partial charge in [0.15, 0.2) is 0 Å². The summed E-state index contributed by atoms with van der Waals surface area (Å²) in [5, 5.41) is 11.2. The van der Waals surface area contributed by atoms with Crippen molar-refractivity contribution in [2.24, 2.45) is 23.7 Å². The first-order chi connectivity index (χ1) is 20.6. The SMILES string of the molecule is CCCCCCCCC(C(=O)NCCCCCCC1CC(C)(C)NC(C)(C)C1)C(CCCCC)C1CC(C)(C)NC(C)(C)C1. The van der Waals surface area contributed by atoms with Gasteiger partial charge in [-0.3, -0.25) is 4.79 Å². The van der Waals surface area contributed by atoms with Crippen LogP contribution < -0.4 is 16.0 Å². The molecule has 0 aliphatic carbocycles. The van der Waals surface area contributed by atoms with Gasteiger partial charge in [-0.05, 0) is 118 Å². The first-order valence-corrected chi connectivity index (χ1v) is 19.4. The number of hydrogen-bond acceptors (Lipinski definition) is 3. The lowest BCUT2D eigenvalue weighted by Crippen LogP contribution is -2.59. The van der Waals surface area contributed by atoms with Gasteiger partial charge in [-0.25, -0.2) is 0 Å². The van der Waals surface area contributed by atoms with E-state index in [1.165, 1.54) is 116 Å². The molecule has 4 heteroatoms. The zero-order chi connectivity index (χ0) is 32.9. The maximum atomic E-state index is 14.0. The van der Waals surface area contributed by atoms with Gasteiger partial charge in [0, 0.05) is 34.6 Å². The average Bonchev–Trinajstić information content (AvgIpc) is 2.87. The van der Waals surface area contributed by atoms with Crippen LogP contribution in [0.3, 0.4) is 0 Å². The topological polar surface area (TPSA) is 53.2 Å². The summed E-state index contributed by atoms with van der Waals surface area (Å²) < 4.78 is 0. The van der Waals surface area contributed by atoms with E-state index in [0.29, 0.717) is 17.7 Å². The van der Waals surface area contributed by atoms with E-state index in [1.807, 2.05) is 0 Å². The van der Waals surface area contributed by atoms with Crippen molar-refractivity contribution in [1.82, 2.24) is 16.0 Å². The van der Waals surface area contributed by atoms with E-state index >= 15 is 0 Å². The maximum absolute atomic E-state index is 14.0. The number of carbonyl (C=O) groups excluding carboxylic acids is 1. The molecule has 2 aliphatic heterocycles. The summed E-state index contributed by atoms with van der Waals surface area (Å²) in [6.45, 7) is 24.4.